The number of hydrogen-bond acceptors (Lipinski definition) is 5. The van der Waals surface area contributed by atoms with E-state index in [1.165, 1.54) is 19.1 Å². The minimum absolute atomic E-state index is 0.0267. The molecule has 0 unspecified atom stereocenters. The van der Waals surface area contributed by atoms with Crippen LogP contribution >= 0.6 is 0 Å². The summed E-state index contributed by atoms with van der Waals surface area (Å²) in [5, 5.41) is 3.04. The number of anilines is 1. The molecule has 25 heavy (non-hydrogen) atoms. The Balaban J connectivity index is 2.08. The number of benzene rings is 2. The molecule has 0 saturated carbocycles. The highest BCUT2D eigenvalue weighted by molar-refractivity contribution is 7.87. The van der Waals surface area contributed by atoms with E-state index in [1.54, 1.807) is 42.6 Å². The van der Waals surface area contributed by atoms with Gasteiger partial charge in [-0.15, -0.1) is 0 Å². The van der Waals surface area contributed by atoms with Crippen LogP contribution in [-0.2, 0) is 14.9 Å². The second-order valence-electron chi connectivity index (χ2n) is 5.49. The summed E-state index contributed by atoms with van der Waals surface area (Å²) in [5.41, 5.74) is 1.75. The zero-order chi connectivity index (χ0) is 18.0. The summed E-state index contributed by atoms with van der Waals surface area (Å²) >= 11 is 0. The van der Waals surface area contributed by atoms with E-state index in [4.69, 9.17) is 4.18 Å². The summed E-state index contributed by atoms with van der Waals surface area (Å²) < 4.78 is 30.9. The number of pyridine rings is 1. The van der Waals surface area contributed by atoms with Gasteiger partial charge in [0.1, 0.15) is 4.90 Å². The van der Waals surface area contributed by atoms with Crippen LogP contribution in [0.3, 0.4) is 0 Å². The number of amides is 1. The molecule has 3 aromatic rings. The number of para-hydroxylation sites is 2. The van der Waals surface area contributed by atoms with Crippen LogP contribution in [0.15, 0.2) is 59.6 Å². The maximum absolute atomic E-state index is 12.8. The molecule has 0 aliphatic rings. The monoisotopic (exact) mass is 356 g/mol. The van der Waals surface area contributed by atoms with Gasteiger partial charge in [0.25, 0.3) is 0 Å². The topological polar surface area (TPSA) is 85.4 Å². The summed E-state index contributed by atoms with van der Waals surface area (Å²) in [4.78, 5) is 15.6. The molecule has 2 aromatic carbocycles. The van der Waals surface area contributed by atoms with Crippen molar-refractivity contribution in [1.82, 2.24) is 4.98 Å². The Hall–Kier alpha value is -2.93. The minimum atomic E-state index is -4.11. The second-order valence-corrected chi connectivity index (χ2v) is 7.01. The van der Waals surface area contributed by atoms with Gasteiger partial charge in [-0.05, 0) is 42.8 Å². The fourth-order valence-electron chi connectivity index (χ4n) is 2.50. The van der Waals surface area contributed by atoms with Crippen molar-refractivity contribution in [2.24, 2.45) is 0 Å². The van der Waals surface area contributed by atoms with Gasteiger partial charge in [0.05, 0.1) is 11.2 Å². The van der Waals surface area contributed by atoms with Gasteiger partial charge in [-0.25, -0.2) is 0 Å². The predicted molar refractivity (Wildman–Crippen MR) is 95.0 cm³/mol. The number of fused-ring (bicyclic) bond motifs is 1. The van der Waals surface area contributed by atoms with Crippen molar-refractivity contribution in [1.29, 1.82) is 0 Å². The lowest BCUT2D eigenvalue weighted by Gasteiger charge is -2.13. The number of nitrogens with zero attached hydrogens (tertiary/aromatic N) is 1. The van der Waals surface area contributed by atoms with Crippen LogP contribution < -0.4 is 9.50 Å². The van der Waals surface area contributed by atoms with Crippen molar-refractivity contribution >= 4 is 32.6 Å². The summed E-state index contributed by atoms with van der Waals surface area (Å²) in [6.07, 6.45) is 1.61. The van der Waals surface area contributed by atoms with Crippen molar-refractivity contribution in [2.75, 3.05) is 5.32 Å². The van der Waals surface area contributed by atoms with E-state index in [2.05, 4.69) is 10.3 Å². The molecule has 0 saturated heterocycles. The first-order chi connectivity index (χ1) is 11.9. The fourth-order valence-corrected chi connectivity index (χ4v) is 3.64. The third-order valence-corrected chi connectivity index (χ3v) is 4.89. The van der Waals surface area contributed by atoms with E-state index in [-0.39, 0.29) is 22.2 Å². The van der Waals surface area contributed by atoms with Gasteiger partial charge in [0.15, 0.2) is 5.75 Å². The molecule has 0 aliphatic carbocycles. The zero-order valence-corrected chi connectivity index (χ0v) is 14.5. The molecule has 1 N–H and O–H groups in total. The summed E-state index contributed by atoms with van der Waals surface area (Å²) in [6, 6.07) is 12.9. The molecule has 128 valence electrons. The molecule has 7 heteroatoms. The summed E-state index contributed by atoms with van der Waals surface area (Å²) in [6.45, 7) is 3.20. The third kappa shape index (κ3) is 3.46. The van der Waals surface area contributed by atoms with Crippen molar-refractivity contribution in [3.05, 3.63) is 60.3 Å². The lowest BCUT2D eigenvalue weighted by molar-refractivity contribution is -0.114. The molecular weight excluding hydrogens is 340 g/mol. The van der Waals surface area contributed by atoms with Crippen LogP contribution in [0.1, 0.15) is 12.5 Å². The standard InChI is InChI=1S/C18H16N2O4S/c1-12-9-10-17(14-6-5-11-19-18(12)14)25(22,23)24-16-8-4-3-7-15(16)20-13(2)21/h3-11H,1-2H3,(H,20,21). The van der Waals surface area contributed by atoms with Gasteiger partial charge in [-0.1, -0.05) is 18.2 Å². The molecule has 1 aromatic heterocycles. The Bertz CT molecular complexity index is 1060. The summed E-state index contributed by atoms with van der Waals surface area (Å²) in [5.74, 6) is -0.270. The Kier molecular flexibility index (Phi) is 4.41. The first kappa shape index (κ1) is 16.9. The summed E-state index contributed by atoms with van der Waals surface area (Å²) in [7, 11) is -4.11. The van der Waals surface area contributed by atoms with E-state index >= 15 is 0 Å². The van der Waals surface area contributed by atoms with E-state index in [9.17, 15) is 13.2 Å². The normalized spacial score (nSPS) is 11.3. The van der Waals surface area contributed by atoms with Gasteiger partial charge < -0.3 is 9.50 Å². The average Bonchev–Trinajstić information content (AvgIpc) is 2.56. The Labute approximate surface area is 145 Å². The molecule has 0 spiro atoms. The highest BCUT2D eigenvalue weighted by atomic mass is 32.2. The van der Waals surface area contributed by atoms with Gasteiger partial charge in [0, 0.05) is 18.5 Å². The Morgan fingerprint density at radius 2 is 1.84 bits per heavy atom. The van der Waals surface area contributed by atoms with Crippen LogP contribution in [-0.4, -0.2) is 19.3 Å². The first-order valence-electron chi connectivity index (χ1n) is 7.54. The molecule has 3 rings (SSSR count). The zero-order valence-electron chi connectivity index (χ0n) is 13.7. The molecule has 0 atom stereocenters. The minimum Gasteiger partial charge on any atom is -0.377 e. The van der Waals surface area contributed by atoms with Gasteiger partial charge >= 0.3 is 10.1 Å². The number of rotatable bonds is 4. The van der Waals surface area contributed by atoms with Crippen molar-refractivity contribution in [3.63, 3.8) is 0 Å². The van der Waals surface area contributed by atoms with E-state index in [0.29, 0.717) is 10.9 Å². The lowest BCUT2D eigenvalue weighted by Crippen LogP contribution is -2.13. The molecule has 1 heterocycles. The smallest absolute Gasteiger partial charge is 0.339 e. The van der Waals surface area contributed by atoms with Gasteiger partial charge in [-0.3, -0.25) is 9.78 Å². The molecule has 0 radical (unpaired) electrons. The predicted octanol–water partition coefficient (Wildman–Crippen LogP) is 3.27. The van der Waals surface area contributed by atoms with Crippen LogP contribution in [0, 0.1) is 6.92 Å². The largest absolute Gasteiger partial charge is 0.377 e. The number of aryl methyl sites for hydroxylation is 1. The molecule has 1 amide bonds. The first-order valence-corrected chi connectivity index (χ1v) is 8.95. The van der Waals surface area contributed by atoms with Gasteiger partial charge in [0.2, 0.25) is 5.91 Å². The Morgan fingerprint density at radius 3 is 2.60 bits per heavy atom. The maximum Gasteiger partial charge on any atom is 0.339 e. The van der Waals surface area contributed by atoms with E-state index in [0.717, 1.165) is 5.56 Å². The molecule has 0 bridgehead atoms. The number of nitrogens with one attached hydrogen (secondary N) is 1. The highest BCUT2D eigenvalue weighted by Crippen LogP contribution is 2.30. The highest BCUT2D eigenvalue weighted by Gasteiger charge is 2.22. The molecule has 0 fully saturated rings. The second kappa shape index (κ2) is 6.52. The van der Waals surface area contributed by atoms with Crippen molar-refractivity contribution in [2.45, 2.75) is 18.7 Å². The number of aromatic nitrogens is 1. The molecule has 0 aliphatic heterocycles. The SMILES string of the molecule is CC(=O)Nc1ccccc1OS(=O)(=O)c1ccc(C)c2ncccc12. The van der Waals surface area contributed by atoms with Crippen molar-refractivity contribution < 1.29 is 17.4 Å². The average molecular weight is 356 g/mol. The lowest BCUT2D eigenvalue weighted by atomic mass is 10.1. The number of hydrogen-bond donors (Lipinski definition) is 1. The van der Waals surface area contributed by atoms with Crippen LogP contribution in [0.4, 0.5) is 5.69 Å². The van der Waals surface area contributed by atoms with Crippen molar-refractivity contribution in [3.8, 4) is 5.75 Å². The van der Waals surface area contributed by atoms with E-state index < -0.39 is 10.1 Å². The fraction of sp³-hybridized carbons (Fsp3) is 0.111. The Morgan fingerprint density at radius 1 is 1.08 bits per heavy atom. The number of carbonyl (C=O) groups is 1. The van der Waals surface area contributed by atoms with Crippen LogP contribution in [0.5, 0.6) is 5.75 Å². The van der Waals surface area contributed by atoms with Crippen LogP contribution in [0.25, 0.3) is 10.9 Å². The number of carbonyl (C=O) groups excluding carboxylic acids is 1. The van der Waals surface area contributed by atoms with Crippen LogP contribution in [0.2, 0.25) is 0 Å². The third-order valence-electron chi connectivity index (χ3n) is 3.60. The van der Waals surface area contributed by atoms with E-state index in [1.807, 2.05) is 6.92 Å². The van der Waals surface area contributed by atoms with Gasteiger partial charge in [-0.2, -0.15) is 8.42 Å². The molecule has 6 nitrogen and oxygen atoms in total. The maximum atomic E-state index is 12.8. The molecular formula is C18H16N2O4S. The quantitative estimate of drug-likeness (QED) is 0.725.